The van der Waals surface area contributed by atoms with Gasteiger partial charge in [-0.15, -0.1) is 0 Å². The predicted molar refractivity (Wildman–Crippen MR) is 109 cm³/mol. The largest absolute Gasteiger partial charge is 0.465 e. The Hall–Kier alpha value is -2.34. The van der Waals surface area contributed by atoms with Gasteiger partial charge >= 0.3 is 6.09 Å². The number of hydrogen-bond acceptors (Lipinski definition) is 3. The van der Waals surface area contributed by atoms with Crippen LogP contribution in [0.25, 0.3) is 6.08 Å². The van der Waals surface area contributed by atoms with Crippen LogP contribution in [-0.2, 0) is 11.3 Å². The highest BCUT2D eigenvalue weighted by Gasteiger charge is 2.50. The summed E-state index contributed by atoms with van der Waals surface area (Å²) in [5.41, 5.74) is 3.67. The number of nitrogens with zero attached hydrogens (tertiary/aromatic N) is 1. The van der Waals surface area contributed by atoms with E-state index in [4.69, 9.17) is 5.21 Å². The van der Waals surface area contributed by atoms with Gasteiger partial charge in [0.2, 0.25) is 0 Å². The van der Waals surface area contributed by atoms with Gasteiger partial charge < -0.3 is 10.0 Å². The van der Waals surface area contributed by atoms with Crippen LogP contribution < -0.4 is 5.48 Å². The fourth-order valence-corrected chi connectivity index (χ4v) is 6.37. The van der Waals surface area contributed by atoms with Crippen molar-refractivity contribution in [3.05, 3.63) is 41.5 Å². The van der Waals surface area contributed by atoms with Crippen LogP contribution >= 0.6 is 0 Å². The molecule has 4 fully saturated rings. The molecule has 1 aromatic rings. The minimum absolute atomic E-state index is 0.378. The fourth-order valence-electron chi connectivity index (χ4n) is 6.37. The van der Waals surface area contributed by atoms with Crippen molar-refractivity contribution < 1.29 is 19.9 Å². The number of rotatable bonds is 7. The average Bonchev–Trinajstić information content (AvgIpc) is 2.69. The SMILES string of the molecule is O=C(/C=C/c1ccc(CN(CCC23CC4CC(CC(C4)C2)C3)C(=O)O)cc1)NO. The molecule has 0 spiro atoms. The van der Waals surface area contributed by atoms with Gasteiger partial charge in [-0.05, 0) is 85.3 Å². The lowest BCUT2D eigenvalue weighted by atomic mass is 9.49. The first-order valence-electron chi connectivity index (χ1n) is 10.6. The molecule has 0 radical (unpaired) electrons. The molecule has 0 atom stereocenters. The Bertz CT molecular complexity index is 751. The molecule has 0 unspecified atom stereocenters. The highest BCUT2D eigenvalue weighted by molar-refractivity contribution is 5.90. The summed E-state index contributed by atoms with van der Waals surface area (Å²) in [6, 6.07) is 7.46. The molecule has 0 aliphatic heterocycles. The third-order valence-corrected chi connectivity index (χ3v) is 7.24. The zero-order valence-electron chi connectivity index (χ0n) is 16.7. The second-order valence-electron chi connectivity index (χ2n) is 9.42. The number of benzene rings is 1. The molecular weight excluding hydrogens is 368 g/mol. The molecule has 1 aromatic carbocycles. The number of carboxylic acid groups (broad SMARTS) is 1. The molecule has 6 heteroatoms. The Balaban J connectivity index is 1.35. The first-order chi connectivity index (χ1) is 13.9. The molecule has 0 heterocycles. The van der Waals surface area contributed by atoms with Crippen molar-refractivity contribution in [2.75, 3.05) is 6.54 Å². The van der Waals surface area contributed by atoms with Crippen LogP contribution in [0.1, 0.15) is 56.1 Å². The van der Waals surface area contributed by atoms with Crippen molar-refractivity contribution in [2.45, 2.75) is 51.5 Å². The van der Waals surface area contributed by atoms with E-state index in [0.717, 1.165) is 35.3 Å². The number of carbonyl (C=O) groups excluding carboxylic acids is 1. The van der Waals surface area contributed by atoms with Gasteiger partial charge in [-0.25, -0.2) is 10.3 Å². The van der Waals surface area contributed by atoms with Crippen LogP contribution in [0.2, 0.25) is 0 Å². The van der Waals surface area contributed by atoms with E-state index in [2.05, 4.69) is 0 Å². The maximum Gasteiger partial charge on any atom is 0.407 e. The molecule has 29 heavy (non-hydrogen) atoms. The molecule has 3 N–H and O–H groups in total. The zero-order valence-corrected chi connectivity index (χ0v) is 16.7. The Morgan fingerprint density at radius 2 is 1.66 bits per heavy atom. The molecule has 156 valence electrons. The second kappa shape index (κ2) is 8.19. The topological polar surface area (TPSA) is 89.9 Å². The Morgan fingerprint density at radius 3 is 2.17 bits per heavy atom. The van der Waals surface area contributed by atoms with E-state index in [-0.39, 0.29) is 0 Å². The van der Waals surface area contributed by atoms with E-state index in [1.165, 1.54) is 44.6 Å². The van der Waals surface area contributed by atoms with Crippen LogP contribution in [0.4, 0.5) is 4.79 Å². The third kappa shape index (κ3) is 4.64. The van der Waals surface area contributed by atoms with Gasteiger partial charge in [0, 0.05) is 19.2 Å². The fraction of sp³-hybridized carbons (Fsp3) is 0.565. The minimum Gasteiger partial charge on any atom is -0.465 e. The molecule has 0 aromatic heterocycles. The summed E-state index contributed by atoms with van der Waals surface area (Å²) in [4.78, 5) is 24.4. The monoisotopic (exact) mass is 398 g/mol. The van der Waals surface area contributed by atoms with Gasteiger partial charge in [-0.3, -0.25) is 10.0 Å². The smallest absolute Gasteiger partial charge is 0.407 e. The molecule has 4 saturated carbocycles. The summed E-state index contributed by atoms with van der Waals surface area (Å²) in [5.74, 6) is 2.06. The summed E-state index contributed by atoms with van der Waals surface area (Å²) >= 11 is 0. The molecular formula is C23H30N2O4. The van der Waals surface area contributed by atoms with Gasteiger partial charge in [0.15, 0.2) is 0 Å². The van der Waals surface area contributed by atoms with Crippen molar-refractivity contribution in [2.24, 2.45) is 23.2 Å². The van der Waals surface area contributed by atoms with E-state index in [0.29, 0.717) is 18.5 Å². The lowest BCUT2D eigenvalue weighted by molar-refractivity contribution is -0.124. The predicted octanol–water partition coefficient (Wildman–Crippen LogP) is 4.29. The number of hydroxylamine groups is 1. The number of nitrogens with one attached hydrogen (secondary N) is 1. The van der Waals surface area contributed by atoms with Crippen molar-refractivity contribution in [1.29, 1.82) is 0 Å². The van der Waals surface area contributed by atoms with Crippen molar-refractivity contribution in [1.82, 2.24) is 10.4 Å². The van der Waals surface area contributed by atoms with E-state index < -0.39 is 12.0 Å². The summed E-state index contributed by atoms with van der Waals surface area (Å²) in [7, 11) is 0. The van der Waals surface area contributed by atoms with E-state index in [1.807, 2.05) is 24.3 Å². The van der Waals surface area contributed by atoms with E-state index in [1.54, 1.807) is 16.5 Å². The van der Waals surface area contributed by atoms with Crippen molar-refractivity contribution >= 4 is 18.1 Å². The molecule has 6 nitrogen and oxygen atoms in total. The molecule has 4 aliphatic carbocycles. The van der Waals surface area contributed by atoms with Crippen LogP contribution in [-0.4, -0.2) is 33.8 Å². The highest BCUT2D eigenvalue weighted by Crippen LogP contribution is 2.61. The Morgan fingerprint density at radius 1 is 1.07 bits per heavy atom. The van der Waals surface area contributed by atoms with Crippen LogP contribution in [0.5, 0.6) is 0 Å². The second-order valence-corrected chi connectivity index (χ2v) is 9.42. The summed E-state index contributed by atoms with van der Waals surface area (Å²) in [6.45, 7) is 0.975. The number of amides is 2. The Labute approximate surface area is 171 Å². The molecule has 4 bridgehead atoms. The molecule has 5 rings (SSSR count). The van der Waals surface area contributed by atoms with Crippen molar-refractivity contribution in [3.63, 3.8) is 0 Å². The first-order valence-corrected chi connectivity index (χ1v) is 10.6. The number of carbonyl (C=O) groups is 2. The summed E-state index contributed by atoms with van der Waals surface area (Å²) in [5, 5.41) is 18.2. The quantitative estimate of drug-likeness (QED) is 0.363. The van der Waals surface area contributed by atoms with Gasteiger partial charge in [0.05, 0.1) is 0 Å². The third-order valence-electron chi connectivity index (χ3n) is 7.24. The zero-order chi connectivity index (χ0) is 20.4. The first kappa shape index (κ1) is 20.0. The standard InChI is InChI=1S/C23H30N2O4/c26-21(24-29)6-5-16-1-3-17(4-2-16)15-25(22(27)28)8-7-23-12-18-9-19(13-23)11-20(10-18)14-23/h1-6,18-20,29H,7-15H2,(H,24,26)(H,27,28)/b6-5+. The Kier molecular flexibility index (Phi) is 5.63. The van der Waals surface area contributed by atoms with E-state index in [9.17, 15) is 14.7 Å². The van der Waals surface area contributed by atoms with Crippen molar-refractivity contribution in [3.8, 4) is 0 Å². The van der Waals surface area contributed by atoms with E-state index >= 15 is 0 Å². The summed E-state index contributed by atoms with van der Waals surface area (Å²) in [6.07, 6.45) is 11.1. The van der Waals surface area contributed by atoms with Gasteiger partial charge in [-0.1, -0.05) is 24.3 Å². The number of hydrogen-bond donors (Lipinski definition) is 3. The molecule has 0 saturated heterocycles. The highest BCUT2D eigenvalue weighted by atomic mass is 16.5. The van der Waals surface area contributed by atoms with Crippen LogP contribution in [0.15, 0.2) is 30.3 Å². The summed E-state index contributed by atoms with van der Waals surface area (Å²) < 4.78 is 0. The maximum atomic E-state index is 11.8. The molecule has 4 aliphatic rings. The maximum absolute atomic E-state index is 11.8. The van der Waals surface area contributed by atoms with Crippen LogP contribution in [0.3, 0.4) is 0 Å². The lowest BCUT2D eigenvalue weighted by Crippen LogP contribution is -2.47. The normalized spacial score (nSPS) is 29.9. The van der Waals surface area contributed by atoms with Gasteiger partial charge in [0.25, 0.3) is 5.91 Å². The molecule has 2 amide bonds. The minimum atomic E-state index is -0.863. The lowest BCUT2D eigenvalue weighted by Gasteiger charge is -2.57. The van der Waals surface area contributed by atoms with Crippen LogP contribution in [0, 0.1) is 23.2 Å². The average molecular weight is 399 g/mol. The van der Waals surface area contributed by atoms with Gasteiger partial charge in [-0.2, -0.15) is 0 Å². The van der Waals surface area contributed by atoms with Gasteiger partial charge in [0.1, 0.15) is 0 Å².